The molecule has 4 nitrogen and oxygen atoms in total. The minimum Gasteiger partial charge on any atom is -0.497 e. The Morgan fingerprint density at radius 1 is 1.18 bits per heavy atom. The summed E-state index contributed by atoms with van der Waals surface area (Å²) in [4.78, 5) is 4.57. The van der Waals surface area contributed by atoms with Gasteiger partial charge in [0.2, 0.25) is 0 Å². The van der Waals surface area contributed by atoms with E-state index in [1.54, 1.807) is 14.2 Å². The molecule has 0 amide bonds. The van der Waals surface area contributed by atoms with Crippen LogP contribution in [0.5, 0.6) is 11.5 Å². The number of nitrogens with one attached hydrogen (secondary N) is 1. The lowest BCUT2D eigenvalue weighted by molar-refractivity contribution is 0.397. The van der Waals surface area contributed by atoms with E-state index in [4.69, 9.17) is 9.47 Å². The third-order valence-electron chi connectivity index (χ3n) is 2.60. The zero-order valence-electron chi connectivity index (χ0n) is 10.3. The number of hydrogen-bond acceptors (Lipinski definition) is 4. The van der Waals surface area contributed by atoms with Crippen molar-refractivity contribution in [2.24, 2.45) is 0 Å². The molecule has 0 fully saturated rings. The van der Waals surface area contributed by atoms with E-state index in [0.717, 1.165) is 34.6 Å². The van der Waals surface area contributed by atoms with Crippen LogP contribution < -0.4 is 14.8 Å². The minimum absolute atomic E-state index is 0.734. The van der Waals surface area contributed by atoms with Crippen LogP contribution in [0.15, 0.2) is 24.3 Å². The van der Waals surface area contributed by atoms with Gasteiger partial charge in [0, 0.05) is 18.0 Å². The van der Waals surface area contributed by atoms with Crippen molar-refractivity contribution in [2.45, 2.75) is 6.54 Å². The highest BCUT2D eigenvalue weighted by molar-refractivity contribution is 5.86. The summed E-state index contributed by atoms with van der Waals surface area (Å²) in [5, 5.41) is 4.10. The van der Waals surface area contributed by atoms with Gasteiger partial charge in [-0.05, 0) is 19.2 Å². The zero-order chi connectivity index (χ0) is 12.3. The summed E-state index contributed by atoms with van der Waals surface area (Å²) in [5.74, 6) is 1.51. The average Bonchev–Trinajstić information content (AvgIpc) is 2.37. The molecule has 0 spiro atoms. The Balaban J connectivity index is 2.59. The number of rotatable bonds is 4. The molecule has 90 valence electrons. The smallest absolute Gasteiger partial charge is 0.148 e. The van der Waals surface area contributed by atoms with Crippen molar-refractivity contribution in [3.8, 4) is 11.5 Å². The Bertz CT molecular complexity index is 526. The maximum atomic E-state index is 5.34. The molecule has 17 heavy (non-hydrogen) atoms. The van der Waals surface area contributed by atoms with Gasteiger partial charge in [-0.1, -0.05) is 6.07 Å². The van der Waals surface area contributed by atoms with Gasteiger partial charge in [-0.3, -0.25) is 0 Å². The lowest BCUT2D eigenvalue weighted by Crippen LogP contribution is -2.06. The van der Waals surface area contributed by atoms with Gasteiger partial charge >= 0.3 is 0 Å². The molecule has 1 heterocycles. The largest absolute Gasteiger partial charge is 0.497 e. The van der Waals surface area contributed by atoms with Crippen molar-refractivity contribution in [1.82, 2.24) is 10.3 Å². The summed E-state index contributed by atoms with van der Waals surface area (Å²) < 4.78 is 10.6. The molecule has 2 aromatic rings. The van der Waals surface area contributed by atoms with E-state index in [2.05, 4.69) is 10.3 Å². The highest BCUT2D eigenvalue weighted by Crippen LogP contribution is 2.29. The molecule has 0 atom stereocenters. The van der Waals surface area contributed by atoms with Crippen LogP contribution in [0.3, 0.4) is 0 Å². The summed E-state index contributed by atoms with van der Waals surface area (Å²) >= 11 is 0. The quantitative estimate of drug-likeness (QED) is 0.875. The number of hydrogen-bond donors (Lipinski definition) is 1. The fourth-order valence-electron chi connectivity index (χ4n) is 1.77. The number of aromatic nitrogens is 1. The van der Waals surface area contributed by atoms with Gasteiger partial charge < -0.3 is 14.8 Å². The zero-order valence-corrected chi connectivity index (χ0v) is 10.3. The highest BCUT2D eigenvalue weighted by Gasteiger charge is 2.07. The fourth-order valence-corrected chi connectivity index (χ4v) is 1.77. The topological polar surface area (TPSA) is 43.4 Å². The molecule has 0 saturated carbocycles. The summed E-state index contributed by atoms with van der Waals surface area (Å²) in [6.07, 6.45) is 0. The van der Waals surface area contributed by atoms with Crippen molar-refractivity contribution in [3.63, 3.8) is 0 Å². The molecule has 0 radical (unpaired) electrons. The van der Waals surface area contributed by atoms with E-state index in [9.17, 15) is 0 Å². The summed E-state index contributed by atoms with van der Waals surface area (Å²) in [5.41, 5.74) is 1.85. The van der Waals surface area contributed by atoms with Crippen molar-refractivity contribution in [2.75, 3.05) is 21.3 Å². The SMILES string of the molecule is CNCc1ccc2cc(OC)cc(OC)c2n1. The van der Waals surface area contributed by atoms with Gasteiger partial charge in [0.05, 0.1) is 19.9 Å². The minimum atomic E-state index is 0.734. The van der Waals surface area contributed by atoms with Crippen molar-refractivity contribution < 1.29 is 9.47 Å². The molecule has 1 aromatic carbocycles. The van der Waals surface area contributed by atoms with Crippen LogP contribution in [-0.2, 0) is 6.54 Å². The van der Waals surface area contributed by atoms with E-state index in [1.807, 2.05) is 31.3 Å². The first-order valence-corrected chi connectivity index (χ1v) is 5.44. The predicted molar refractivity (Wildman–Crippen MR) is 67.6 cm³/mol. The Hall–Kier alpha value is -1.81. The molecule has 4 heteroatoms. The second kappa shape index (κ2) is 5.01. The fraction of sp³-hybridized carbons (Fsp3) is 0.308. The van der Waals surface area contributed by atoms with Gasteiger partial charge in [0.25, 0.3) is 0 Å². The summed E-state index contributed by atoms with van der Waals surface area (Å²) in [6.45, 7) is 0.741. The van der Waals surface area contributed by atoms with E-state index < -0.39 is 0 Å². The highest BCUT2D eigenvalue weighted by atomic mass is 16.5. The lowest BCUT2D eigenvalue weighted by Gasteiger charge is -2.09. The predicted octanol–water partition coefficient (Wildman–Crippen LogP) is 1.97. The molecule has 0 bridgehead atoms. The van der Waals surface area contributed by atoms with Gasteiger partial charge in [0.15, 0.2) is 0 Å². The van der Waals surface area contributed by atoms with E-state index >= 15 is 0 Å². The van der Waals surface area contributed by atoms with Crippen LogP contribution in [0.1, 0.15) is 5.69 Å². The third-order valence-corrected chi connectivity index (χ3v) is 2.60. The molecule has 2 rings (SSSR count). The first-order chi connectivity index (χ1) is 8.28. The van der Waals surface area contributed by atoms with E-state index in [1.165, 1.54) is 0 Å². The number of ether oxygens (including phenoxy) is 2. The monoisotopic (exact) mass is 232 g/mol. The first-order valence-electron chi connectivity index (χ1n) is 5.44. The van der Waals surface area contributed by atoms with Gasteiger partial charge in [-0.2, -0.15) is 0 Å². The Kier molecular flexibility index (Phi) is 3.44. The molecule has 1 N–H and O–H groups in total. The molecule has 0 aliphatic rings. The number of benzene rings is 1. The standard InChI is InChI=1S/C13H16N2O2/c1-14-8-10-5-4-9-6-11(16-2)7-12(17-3)13(9)15-10/h4-7,14H,8H2,1-3H3. The summed E-state index contributed by atoms with van der Waals surface area (Å²) in [6, 6.07) is 7.82. The molecule has 0 unspecified atom stereocenters. The van der Waals surface area contributed by atoms with Gasteiger partial charge in [0.1, 0.15) is 17.0 Å². The molecule has 0 aliphatic carbocycles. The maximum absolute atomic E-state index is 5.34. The van der Waals surface area contributed by atoms with Crippen molar-refractivity contribution >= 4 is 10.9 Å². The second-order valence-corrected chi connectivity index (χ2v) is 3.73. The van der Waals surface area contributed by atoms with Crippen LogP contribution in [0.4, 0.5) is 0 Å². The lowest BCUT2D eigenvalue weighted by atomic mass is 10.1. The van der Waals surface area contributed by atoms with Crippen LogP contribution in [0, 0.1) is 0 Å². The Labute approximate surface area is 101 Å². The van der Waals surface area contributed by atoms with E-state index in [0.29, 0.717) is 0 Å². The summed E-state index contributed by atoms with van der Waals surface area (Å²) in [7, 11) is 5.18. The number of nitrogens with zero attached hydrogens (tertiary/aromatic N) is 1. The number of fused-ring (bicyclic) bond motifs is 1. The van der Waals surface area contributed by atoms with Crippen LogP contribution >= 0.6 is 0 Å². The molecular weight excluding hydrogens is 216 g/mol. The van der Waals surface area contributed by atoms with Crippen molar-refractivity contribution in [3.05, 3.63) is 30.0 Å². The molecule has 0 aliphatic heterocycles. The normalized spacial score (nSPS) is 10.5. The van der Waals surface area contributed by atoms with Crippen LogP contribution in [0.2, 0.25) is 0 Å². The first kappa shape index (κ1) is 11.7. The second-order valence-electron chi connectivity index (χ2n) is 3.73. The van der Waals surface area contributed by atoms with Crippen LogP contribution in [0.25, 0.3) is 10.9 Å². The van der Waals surface area contributed by atoms with Crippen LogP contribution in [-0.4, -0.2) is 26.3 Å². The average molecular weight is 232 g/mol. The maximum Gasteiger partial charge on any atom is 0.148 e. The van der Waals surface area contributed by atoms with Gasteiger partial charge in [-0.25, -0.2) is 4.98 Å². The van der Waals surface area contributed by atoms with Crippen molar-refractivity contribution in [1.29, 1.82) is 0 Å². The number of methoxy groups -OCH3 is 2. The Morgan fingerprint density at radius 2 is 2.00 bits per heavy atom. The Morgan fingerprint density at radius 3 is 2.65 bits per heavy atom. The third kappa shape index (κ3) is 2.31. The van der Waals surface area contributed by atoms with Gasteiger partial charge in [-0.15, -0.1) is 0 Å². The molecule has 1 aromatic heterocycles. The molecular formula is C13H16N2O2. The van der Waals surface area contributed by atoms with E-state index in [-0.39, 0.29) is 0 Å². The number of pyridine rings is 1. The molecule has 0 saturated heterocycles.